The molecule has 0 spiro atoms. The maximum atomic E-state index is 11.9. The lowest BCUT2D eigenvalue weighted by Gasteiger charge is -2.28. The molecule has 0 bridgehead atoms. The van der Waals surface area contributed by atoms with E-state index in [-0.39, 0.29) is 5.92 Å². The van der Waals surface area contributed by atoms with Crippen LogP contribution in [0.25, 0.3) is 0 Å². The van der Waals surface area contributed by atoms with E-state index in [1.54, 1.807) is 13.3 Å². The van der Waals surface area contributed by atoms with Gasteiger partial charge in [-0.2, -0.15) is 0 Å². The summed E-state index contributed by atoms with van der Waals surface area (Å²) in [5.74, 6) is 0.347. The van der Waals surface area contributed by atoms with Gasteiger partial charge in [0.05, 0.1) is 23.0 Å². The van der Waals surface area contributed by atoms with Gasteiger partial charge in [0.2, 0.25) is 5.95 Å². The molecule has 0 unspecified atom stereocenters. The second-order valence-corrected chi connectivity index (χ2v) is 8.79. The maximum Gasteiger partial charge on any atom is 0.252 e. The monoisotopic (exact) mass is 390 g/mol. The standard InChI is InChI=1S/C21H34N4O3/c1-21(27)10-4-3-5-14(12-21)11-18-17(19(22)26)13-23-20(25-18)24-15-6-8-16(28-2)9-7-15/h13-16,27H,3-12H2,1-2H3,(H2,22,26)(H,23,24,25)/t14-,15?,16?,21-/m1/s1. The SMILES string of the molecule is COC1CCC(Nc2ncc(C(N)=O)c(C[C@H]3CCCC[C@@](C)(O)C3)n2)CC1. The maximum absolute atomic E-state index is 11.9. The van der Waals surface area contributed by atoms with Gasteiger partial charge in [0.25, 0.3) is 5.91 Å². The van der Waals surface area contributed by atoms with E-state index >= 15 is 0 Å². The van der Waals surface area contributed by atoms with Gasteiger partial charge in [-0.05, 0) is 64.2 Å². The number of aliphatic hydroxyl groups is 1. The van der Waals surface area contributed by atoms with Crippen LogP contribution in [-0.2, 0) is 11.2 Å². The second-order valence-electron chi connectivity index (χ2n) is 8.79. The van der Waals surface area contributed by atoms with Crippen LogP contribution in [-0.4, -0.2) is 45.8 Å². The number of amides is 1. The van der Waals surface area contributed by atoms with Gasteiger partial charge in [-0.1, -0.05) is 12.8 Å². The molecule has 1 aromatic rings. The number of hydrogen-bond acceptors (Lipinski definition) is 6. The van der Waals surface area contributed by atoms with Crippen LogP contribution in [0.1, 0.15) is 80.8 Å². The third kappa shape index (κ3) is 5.64. The summed E-state index contributed by atoms with van der Waals surface area (Å²) in [6.45, 7) is 1.91. The highest BCUT2D eigenvalue weighted by molar-refractivity contribution is 5.93. The number of carbonyl (C=O) groups is 1. The number of aromatic nitrogens is 2. The summed E-state index contributed by atoms with van der Waals surface area (Å²) in [6, 6.07) is 0.317. The first-order chi connectivity index (χ1) is 13.4. The van der Waals surface area contributed by atoms with E-state index in [1.165, 1.54) is 0 Å². The third-order valence-corrected chi connectivity index (χ3v) is 6.26. The Morgan fingerprint density at radius 2 is 2.07 bits per heavy atom. The number of hydrogen-bond donors (Lipinski definition) is 3. The van der Waals surface area contributed by atoms with Crippen LogP contribution in [0.4, 0.5) is 5.95 Å². The third-order valence-electron chi connectivity index (χ3n) is 6.26. The predicted octanol–water partition coefficient (Wildman–Crippen LogP) is 2.82. The molecule has 7 heteroatoms. The number of nitrogens with zero attached hydrogens (tertiary/aromatic N) is 2. The lowest BCUT2D eigenvalue weighted by atomic mass is 9.87. The van der Waals surface area contributed by atoms with Crippen molar-refractivity contribution in [2.24, 2.45) is 11.7 Å². The number of carbonyl (C=O) groups excluding carboxylic acids is 1. The molecular formula is C21H34N4O3. The molecule has 7 nitrogen and oxygen atoms in total. The zero-order valence-electron chi connectivity index (χ0n) is 17.1. The van der Waals surface area contributed by atoms with Gasteiger partial charge in [0, 0.05) is 19.3 Å². The van der Waals surface area contributed by atoms with Crippen molar-refractivity contribution in [3.8, 4) is 0 Å². The Morgan fingerprint density at radius 1 is 1.32 bits per heavy atom. The molecule has 2 aliphatic rings. The summed E-state index contributed by atoms with van der Waals surface area (Å²) < 4.78 is 5.43. The van der Waals surface area contributed by atoms with Crippen molar-refractivity contribution >= 4 is 11.9 Å². The van der Waals surface area contributed by atoms with Gasteiger partial charge in [-0.15, -0.1) is 0 Å². The first kappa shape index (κ1) is 21.0. The molecule has 4 N–H and O–H groups in total. The van der Waals surface area contributed by atoms with Gasteiger partial charge in [-0.3, -0.25) is 4.79 Å². The van der Waals surface area contributed by atoms with Crippen LogP contribution < -0.4 is 11.1 Å². The Morgan fingerprint density at radius 3 is 2.75 bits per heavy atom. The Balaban J connectivity index is 1.71. The molecule has 2 fully saturated rings. The molecule has 3 rings (SSSR count). The fourth-order valence-electron chi connectivity index (χ4n) is 4.69. The van der Waals surface area contributed by atoms with Gasteiger partial charge >= 0.3 is 0 Å². The number of methoxy groups -OCH3 is 1. The van der Waals surface area contributed by atoms with Crippen LogP contribution in [0.15, 0.2) is 6.20 Å². The van der Waals surface area contributed by atoms with E-state index in [0.717, 1.165) is 57.8 Å². The van der Waals surface area contributed by atoms with Crippen molar-refractivity contribution in [2.45, 2.75) is 88.9 Å². The second kappa shape index (κ2) is 9.18. The topological polar surface area (TPSA) is 110 Å². The number of ether oxygens (including phenoxy) is 1. The number of primary amides is 1. The van der Waals surface area contributed by atoms with Gasteiger partial charge in [-0.25, -0.2) is 9.97 Å². The molecule has 0 aromatic carbocycles. The first-order valence-electron chi connectivity index (χ1n) is 10.5. The number of rotatable bonds is 6. The fraction of sp³-hybridized carbons (Fsp3) is 0.762. The molecule has 2 aliphatic carbocycles. The summed E-state index contributed by atoms with van der Waals surface area (Å²) in [5, 5.41) is 14.0. The highest BCUT2D eigenvalue weighted by Crippen LogP contribution is 2.33. The Hall–Kier alpha value is -1.73. The van der Waals surface area contributed by atoms with Crippen molar-refractivity contribution in [1.29, 1.82) is 0 Å². The average molecular weight is 391 g/mol. The summed E-state index contributed by atoms with van der Waals surface area (Å²) >= 11 is 0. The molecule has 2 atom stereocenters. The van der Waals surface area contributed by atoms with Crippen LogP contribution in [0.2, 0.25) is 0 Å². The summed E-state index contributed by atoms with van der Waals surface area (Å²) in [7, 11) is 1.77. The van der Waals surface area contributed by atoms with E-state index < -0.39 is 11.5 Å². The smallest absolute Gasteiger partial charge is 0.252 e. The zero-order chi connectivity index (χ0) is 20.1. The highest BCUT2D eigenvalue weighted by Gasteiger charge is 2.29. The molecule has 0 saturated heterocycles. The summed E-state index contributed by atoms with van der Waals surface area (Å²) in [6.07, 6.45) is 11.3. The van der Waals surface area contributed by atoms with Crippen LogP contribution in [0.5, 0.6) is 0 Å². The van der Waals surface area contributed by atoms with Crippen molar-refractivity contribution in [1.82, 2.24) is 9.97 Å². The van der Waals surface area contributed by atoms with Gasteiger partial charge in [0.15, 0.2) is 0 Å². The zero-order valence-corrected chi connectivity index (χ0v) is 17.1. The Labute approximate surface area is 167 Å². The molecule has 0 aliphatic heterocycles. The minimum atomic E-state index is -0.651. The van der Waals surface area contributed by atoms with Gasteiger partial charge < -0.3 is 20.9 Å². The van der Waals surface area contributed by atoms with Crippen molar-refractivity contribution in [3.05, 3.63) is 17.5 Å². The van der Waals surface area contributed by atoms with E-state index in [9.17, 15) is 9.90 Å². The minimum Gasteiger partial charge on any atom is -0.390 e. The number of anilines is 1. The molecular weight excluding hydrogens is 356 g/mol. The minimum absolute atomic E-state index is 0.287. The van der Waals surface area contributed by atoms with Crippen LogP contribution >= 0.6 is 0 Å². The van der Waals surface area contributed by atoms with E-state index in [1.807, 2.05) is 6.92 Å². The van der Waals surface area contributed by atoms with Crippen molar-refractivity contribution in [3.63, 3.8) is 0 Å². The quantitative estimate of drug-likeness (QED) is 0.644. The average Bonchev–Trinajstić information content (AvgIpc) is 2.82. The summed E-state index contributed by atoms with van der Waals surface area (Å²) in [5.41, 5.74) is 5.99. The highest BCUT2D eigenvalue weighted by atomic mass is 16.5. The molecule has 1 amide bonds. The molecule has 1 aromatic heterocycles. The lowest BCUT2D eigenvalue weighted by molar-refractivity contribution is 0.0318. The van der Waals surface area contributed by atoms with Crippen LogP contribution in [0, 0.1) is 5.92 Å². The normalized spacial score (nSPS) is 31.2. The van der Waals surface area contributed by atoms with Crippen molar-refractivity contribution < 1.29 is 14.6 Å². The summed E-state index contributed by atoms with van der Waals surface area (Å²) in [4.78, 5) is 20.9. The van der Waals surface area contributed by atoms with E-state index in [4.69, 9.17) is 10.5 Å². The molecule has 28 heavy (non-hydrogen) atoms. The van der Waals surface area contributed by atoms with Crippen LogP contribution in [0.3, 0.4) is 0 Å². The largest absolute Gasteiger partial charge is 0.390 e. The Bertz CT molecular complexity index is 672. The fourth-order valence-corrected chi connectivity index (χ4v) is 4.69. The predicted molar refractivity (Wildman–Crippen MR) is 108 cm³/mol. The molecule has 1 heterocycles. The molecule has 0 radical (unpaired) electrons. The van der Waals surface area contributed by atoms with Crippen molar-refractivity contribution in [2.75, 3.05) is 12.4 Å². The van der Waals surface area contributed by atoms with E-state index in [2.05, 4.69) is 15.3 Å². The number of nitrogens with one attached hydrogen (secondary N) is 1. The molecule has 2 saturated carbocycles. The molecule has 156 valence electrons. The first-order valence-corrected chi connectivity index (χ1v) is 10.5. The number of nitrogens with two attached hydrogens (primary N) is 1. The lowest BCUT2D eigenvalue weighted by Crippen LogP contribution is -2.30. The van der Waals surface area contributed by atoms with Gasteiger partial charge in [0.1, 0.15) is 0 Å². The Kier molecular flexibility index (Phi) is 6.88. The van der Waals surface area contributed by atoms with E-state index in [0.29, 0.717) is 35.8 Å².